The van der Waals surface area contributed by atoms with Crippen LogP contribution in [-0.2, 0) is 19.3 Å². The summed E-state index contributed by atoms with van der Waals surface area (Å²) in [6.07, 6.45) is 5.53. The van der Waals surface area contributed by atoms with E-state index in [0.29, 0.717) is 0 Å². The lowest BCUT2D eigenvalue weighted by Gasteiger charge is -2.20. The zero-order chi connectivity index (χ0) is 15.1. The summed E-state index contributed by atoms with van der Waals surface area (Å²) in [7, 11) is 0. The first-order valence-electron chi connectivity index (χ1n) is 7.61. The van der Waals surface area contributed by atoms with E-state index in [0.717, 1.165) is 32.2 Å². The average Bonchev–Trinajstić information content (AvgIpc) is 3.05. The van der Waals surface area contributed by atoms with E-state index in [-0.39, 0.29) is 5.54 Å². The van der Waals surface area contributed by atoms with Crippen molar-refractivity contribution in [3.8, 4) is 0 Å². The lowest BCUT2D eigenvalue weighted by molar-refractivity contribution is 0.422. The molecule has 0 aromatic carbocycles. The molecule has 0 amide bonds. The van der Waals surface area contributed by atoms with Crippen molar-refractivity contribution in [3.63, 3.8) is 0 Å². The molecule has 5 heteroatoms. The fourth-order valence-electron chi connectivity index (χ4n) is 2.06. The molecule has 1 N–H and O–H groups in total. The van der Waals surface area contributed by atoms with Gasteiger partial charge in [-0.25, -0.2) is 0 Å². The van der Waals surface area contributed by atoms with Crippen molar-refractivity contribution >= 4 is 22.7 Å². The molecule has 2 heterocycles. The van der Waals surface area contributed by atoms with Crippen molar-refractivity contribution in [2.45, 2.75) is 58.4 Å². The Balaban J connectivity index is 1.64. The maximum absolute atomic E-state index is 4.31. The third kappa shape index (κ3) is 6.68. The fourth-order valence-corrected chi connectivity index (χ4v) is 3.74. The predicted octanol–water partition coefficient (Wildman–Crippen LogP) is 4.10. The van der Waals surface area contributed by atoms with Gasteiger partial charge >= 0.3 is 0 Å². The second-order valence-corrected chi connectivity index (χ2v) is 8.48. The largest absolute Gasteiger partial charge is 0.312 e. The van der Waals surface area contributed by atoms with Crippen molar-refractivity contribution in [1.82, 2.24) is 15.5 Å². The Bertz CT molecular complexity index is 512. The topological polar surface area (TPSA) is 37.8 Å². The molecule has 0 atom stereocenters. The number of thiophene rings is 1. The molecule has 0 fully saturated rings. The van der Waals surface area contributed by atoms with Crippen LogP contribution in [-0.4, -0.2) is 22.3 Å². The van der Waals surface area contributed by atoms with Gasteiger partial charge in [-0.3, -0.25) is 0 Å². The van der Waals surface area contributed by atoms with Crippen molar-refractivity contribution in [2.24, 2.45) is 0 Å². The summed E-state index contributed by atoms with van der Waals surface area (Å²) in [6, 6.07) is 4.33. The zero-order valence-electron chi connectivity index (χ0n) is 13.2. The maximum Gasteiger partial charge on any atom is 0.117 e. The Labute approximate surface area is 135 Å². The molecule has 0 radical (unpaired) electrons. The number of nitrogens with zero attached hydrogens (tertiary/aromatic N) is 2. The SMILES string of the molecule is CC(C)(C)NCCCc1nnc(CCCc2cccs2)s1. The fraction of sp³-hybridized carbons (Fsp3) is 0.625. The van der Waals surface area contributed by atoms with E-state index in [9.17, 15) is 0 Å². The summed E-state index contributed by atoms with van der Waals surface area (Å²) in [5.41, 5.74) is 0.202. The van der Waals surface area contributed by atoms with Gasteiger partial charge in [0, 0.05) is 23.3 Å². The highest BCUT2D eigenvalue weighted by Gasteiger charge is 2.08. The second kappa shape index (κ2) is 8.01. The Morgan fingerprint density at radius 3 is 2.38 bits per heavy atom. The van der Waals surface area contributed by atoms with Crippen LogP contribution >= 0.6 is 22.7 Å². The van der Waals surface area contributed by atoms with Crippen LogP contribution in [0.5, 0.6) is 0 Å². The average molecular weight is 324 g/mol. The Hall–Kier alpha value is -0.780. The van der Waals surface area contributed by atoms with E-state index in [4.69, 9.17) is 0 Å². The van der Waals surface area contributed by atoms with Crippen molar-refractivity contribution < 1.29 is 0 Å². The molecule has 2 aromatic rings. The Morgan fingerprint density at radius 2 is 1.76 bits per heavy atom. The summed E-state index contributed by atoms with van der Waals surface area (Å²) in [4.78, 5) is 1.47. The van der Waals surface area contributed by atoms with Crippen LogP contribution < -0.4 is 5.32 Å². The Kier molecular flexibility index (Phi) is 6.33. The van der Waals surface area contributed by atoms with E-state index in [1.54, 1.807) is 11.3 Å². The number of aromatic nitrogens is 2. The molecule has 0 aliphatic carbocycles. The smallest absolute Gasteiger partial charge is 0.117 e. The van der Waals surface area contributed by atoms with Gasteiger partial charge in [-0.15, -0.1) is 32.9 Å². The monoisotopic (exact) mass is 323 g/mol. The normalized spacial score (nSPS) is 12.0. The van der Waals surface area contributed by atoms with Gasteiger partial charge in [-0.1, -0.05) is 6.07 Å². The van der Waals surface area contributed by atoms with E-state index in [1.807, 2.05) is 11.3 Å². The summed E-state index contributed by atoms with van der Waals surface area (Å²) in [5.74, 6) is 0. The lowest BCUT2D eigenvalue weighted by Crippen LogP contribution is -2.36. The molecule has 116 valence electrons. The molecular weight excluding hydrogens is 298 g/mol. The van der Waals surface area contributed by atoms with Gasteiger partial charge < -0.3 is 5.32 Å². The predicted molar refractivity (Wildman–Crippen MR) is 92.3 cm³/mol. The molecule has 0 saturated heterocycles. The molecule has 0 unspecified atom stereocenters. The molecular formula is C16H25N3S2. The number of rotatable bonds is 8. The molecule has 3 nitrogen and oxygen atoms in total. The van der Waals surface area contributed by atoms with Gasteiger partial charge in [0.1, 0.15) is 10.0 Å². The summed E-state index contributed by atoms with van der Waals surface area (Å²) >= 11 is 3.62. The van der Waals surface area contributed by atoms with Crippen molar-refractivity contribution in [3.05, 3.63) is 32.4 Å². The quantitative estimate of drug-likeness (QED) is 0.743. The third-order valence-electron chi connectivity index (χ3n) is 3.13. The van der Waals surface area contributed by atoms with E-state index < -0.39 is 0 Å². The van der Waals surface area contributed by atoms with E-state index >= 15 is 0 Å². The van der Waals surface area contributed by atoms with Gasteiger partial charge in [0.15, 0.2) is 0 Å². The highest BCUT2D eigenvalue weighted by Crippen LogP contribution is 2.16. The minimum absolute atomic E-state index is 0.202. The van der Waals surface area contributed by atoms with E-state index in [1.165, 1.54) is 21.3 Å². The van der Waals surface area contributed by atoms with E-state index in [2.05, 4.69) is 53.8 Å². The first-order chi connectivity index (χ1) is 10.0. The number of hydrogen-bond donors (Lipinski definition) is 1. The highest BCUT2D eigenvalue weighted by molar-refractivity contribution is 7.11. The number of nitrogens with one attached hydrogen (secondary N) is 1. The lowest BCUT2D eigenvalue weighted by atomic mass is 10.1. The van der Waals surface area contributed by atoms with Gasteiger partial charge in [0.05, 0.1) is 0 Å². The van der Waals surface area contributed by atoms with Crippen LogP contribution in [0.25, 0.3) is 0 Å². The molecule has 21 heavy (non-hydrogen) atoms. The molecule has 0 bridgehead atoms. The van der Waals surface area contributed by atoms with Gasteiger partial charge in [0.25, 0.3) is 0 Å². The Morgan fingerprint density at radius 1 is 1.05 bits per heavy atom. The zero-order valence-corrected chi connectivity index (χ0v) is 14.8. The molecule has 0 aliphatic rings. The molecule has 0 aliphatic heterocycles. The summed E-state index contributed by atoms with van der Waals surface area (Å²) < 4.78 is 0. The molecule has 0 saturated carbocycles. The first kappa shape index (κ1) is 16.6. The molecule has 2 rings (SSSR count). The summed E-state index contributed by atoms with van der Waals surface area (Å²) in [6.45, 7) is 7.63. The number of hydrogen-bond acceptors (Lipinski definition) is 5. The van der Waals surface area contributed by atoms with Crippen LogP contribution in [0.4, 0.5) is 0 Å². The highest BCUT2D eigenvalue weighted by atomic mass is 32.1. The van der Waals surface area contributed by atoms with Crippen LogP contribution in [0.15, 0.2) is 17.5 Å². The van der Waals surface area contributed by atoms with Crippen LogP contribution in [0.3, 0.4) is 0 Å². The van der Waals surface area contributed by atoms with Gasteiger partial charge in [0.2, 0.25) is 0 Å². The number of aryl methyl sites for hydroxylation is 3. The second-order valence-electron chi connectivity index (χ2n) is 6.30. The minimum atomic E-state index is 0.202. The van der Waals surface area contributed by atoms with Gasteiger partial charge in [-0.2, -0.15) is 0 Å². The third-order valence-corrected chi connectivity index (χ3v) is 5.10. The van der Waals surface area contributed by atoms with Crippen LogP contribution in [0.1, 0.15) is 48.5 Å². The van der Waals surface area contributed by atoms with Gasteiger partial charge in [-0.05, 0) is 58.0 Å². The molecule has 2 aromatic heterocycles. The first-order valence-corrected chi connectivity index (χ1v) is 9.31. The minimum Gasteiger partial charge on any atom is -0.312 e. The molecule has 0 spiro atoms. The van der Waals surface area contributed by atoms with Crippen molar-refractivity contribution in [2.75, 3.05) is 6.54 Å². The standard InChI is InChI=1S/C16H25N3S2/c1-16(2,3)17-11-5-10-15-19-18-14(21-15)9-4-7-13-8-6-12-20-13/h6,8,12,17H,4-5,7,9-11H2,1-3H3. The van der Waals surface area contributed by atoms with Crippen molar-refractivity contribution in [1.29, 1.82) is 0 Å². The summed E-state index contributed by atoms with van der Waals surface area (Å²) in [5, 5.41) is 16.6. The van der Waals surface area contributed by atoms with Crippen LogP contribution in [0, 0.1) is 0 Å². The van der Waals surface area contributed by atoms with Crippen LogP contribution in [0.2, 0.25) is 0 Å². The maximum atomic E-state index is 4.31.